The van der Waals surface area contributed by atoms with Crippen LogP contribution in [0.15, 0.2) is 47.9 Å². The van der Waals surface area contributed by atoms with E-state index in [1.54, 1.807) is 29.7 Å². The second-order valence-electron chi connectivity index (χ2n) is 6.99. The maximum Gasteiger partial charge on any atom is 0.348 e. The molecular formula is C22H24N6O2S2. The Balaban J connectivity index is 1.58. The van der Waals surface area contributed by atoms with Crippen molar-refractivity contribution in [3.05, 3.63) is 59.3 Å². The van der Waals surface area contributed by atoms with Crippen LogP contribution in [-0.4, -0.2) is 43.9 Å². The van der Waals surface area contributed by atoms with E-state index < -0.39 is 0 Å². The number of anilines is 1. The lowest BCUT2D eigenvalue weighted by Crippen LogP contribution is -2.10. The lowest BCUT2D eigenvalue weighted by Gasteiger charge is -2.10. The molecule has 0 amide bonds. The van der Waals surface area contributed by atoms with Crippen LogP contribution in [0.25, 0.3) is 10.2 Å². The Morgan fingerprint density at radius 1 is 1.25 bits per heavy atom. The molecule has 3 heterocycles. The largest absolute Gasteiger partial charge is 0.462 e. The van der Waals surface area contributed by atoms with Crippen LogP contribution in [0.5, 0.6) is 0 Å². The van der Waals surface area contributed by atoms with Gasteiger partial charge >= 0.3 is 5.97 Å². The molecule has 0 saturated heterocycles. The van der Waals surface area contributed by atoms with Crippen LogP contribution in [0.1, 0.15) is 34.4 Å². The molecule has 4 rings (SSSR count). The molecule has 3 aromatic heterocycles. The van der Waals surface area contributed by atoms with Gasteiger partial charge in [-0.1, -0.05) is 18.2 Å². The third-order valence-electron chi connectivity index (χ3n) is 4.73. The van der Waals surface area contributed by atoms with Gasteiger partial charge in [-0.15, -0.1) is 23.1 Å². The molecule has 0 bridgehead atoms. The number of hydrogen-bond acceptors (Lipinski definition) is 9. The minimum atomic E-state index is -0.314. The van der Waals surface area contributed by atoms with Crippen molar-refractivity contribution in [3.8, 4) is 0 Å². The molecule has 0 spiro atoms. The predicted molar refractivity (Wildman–Crippen MR) is 127 cm³/mol. The molecule has 166 valence electrons. The molecule has 8 nitrogen and oxygen atoms in total. The Hall–Kier alpha value is -2.98. The molecule has 0 fully saturated rings. The van der Waals surface area contributed by atoms with Crippen LogP contribution in [0.3, 0.4) is 0 Å². The van der Waals surface area contributed by atoms with Gasteiger partial charge in [-0.25, -0.2) is 19.7 Å². The zero-order valence-corrected chi connectivity index (χ0v) is 19.6. The van der Waals surface area contributed by atoms with Crippen molar-refractivity contribution < 1.29 is 9.53 Å². The van der Waals surface area contributed by atoms with Gasteiger partial charge < -0.3 is 10.1 Å². The van der Waals surface area contributed by atoms with Crippen LogP contribution in [-0.2, 0) is 17.0 Å². The summed E-state index contributed by atoms with van der Waals surface area (Å²) in [5, 5.41) is 8.46. The number of aryl methyl sites for hydroxylation is 2. The lowest BCUT2D eigenvalue weighted by molar-refractivity contribution is 0.0531. The summed E-state index contributed by atoms with van der Waals surface area (Å²) in [7, 11) is 0. The van der Waals surface area contributed by atoms with Crippen molar-refractivity contribution >= 4 is 45.1 Å². The first-order valence-corrected chi connectivity index (χ1v) is 12.2. The van der Waals surface area contributed by atoms with E-state index in [1.807, 2.05) is 25.1 Å². The number of esters is 1. The molecule has 0 aliphatic rings. The van der Waals surface area contributed by atoms with E-state index in [1.165, 1.54) is 17.7 Å². The first-order chi connectivity index (χ1) is 15.7. The highest BCUT2D eigenvalue weighted by Crippen LogP contribution is 2.35. The Morgan fingerprint density at radius 2 is 2.09 bits per heavy atom. The van der Waals surface area contributed by atoms with Gasteiger partial charge in [0.05, 0.1) is 17.7 Å². The summed E-state index contributed by atoms with van der Waals surface area (Å²) in [6.45, 7) is 5.54. The molecule has 0 radical (unpaired) electrons. The highest BCUT2D eigenvalue weighted by molar-refractivity contribution is 7.98. The molecule has 10 heteroatoms. The van der Waals surface area contributed by atoms with E-state index in [4.69, 9.17) is 14.7 Å². The SMILES string of the molecule is CCOC(=O)c1sc2nc(CSc3ccccc3)nc(NCCCn3cncn3)c2c1C. The molecule has 4 aromatic rings. The molecule has 0 atom stereocenters. The smallest absolute Gasteiger partial charge is 0.348 e. The van der Waals surface area contributed by atoms with Crippen molar-refractivity contribution in [2.24, 2.45) is 0 Å². The number of hydrogen-bond donors (Lipinski definition) is 1. The Labute approximate surface area is 194 Å². The van der Waals surface area contributed by atoms with E-state index >= 15 is 0 Å². The van der Waals surface area contributed by atoms with Crippen molar-refractivity contribution in [1.82, 2.24) is 24.7 Å². The third-order valence-corrected chi connectivity index (χ3v) is 6.91. The number of carbonyl (C=O) groups excluding carboxylic acids is 1. The highest BCUT2D eigenvalue weighted by atomic mass is 32.2. The van der Waals surface area contributed by atoms with Gasteiger partial charge in [-0.3, -0.25) is 4.68 Å². The van der Waals surface area contributed by atoms with Crippen LogP contribution < -0.4 is 5.32 Å². The topological polar surface area (TPSA) is 94.8 Å². The summed E-state index contributed by atoms with van der Waals surface area (Å²) in [5.74, 6) is 1.80. The third kappa shape index (κ3) is 5.25. The number of fused-ring (bicyclic) bond motifs is 1. The lowest BCUT2D eigenvalue weighted by atomic mass is 10.2. The Bertz CT molecular complexity index is 1180. The fourth-order valence-corrected chi connectivity index (χ4v) is 5.10. The summed E-state index contributed by atoms with van der Waals surface area (Å²) in [5.41, 5.74) is 0.851. The van der Waals surface area contributed by atoms with Crippen LogP contribution >= 0.6 is 23.1 Å². The standard InChI is InChI=1S/C22H24N6O2S2/c1-3-30-22(29)19-15(2)18-20(24-10-7-11-28-14-23-13-25-28)26-17(27-21(18)32-19)12-31-16-8-5-4-6-9-16/h4-6,8-9,13-14H,3,7,10-12H2,1-2H3,(H,24,26,27). The number of rotatable bonds is 10. The van der Waals surface area contributed by atoms with E-state index in [0.29, 0.717) is 23.8 Å². The summed E-state index contributed by atoms with van der Waals surface area (Å²) in [6, 6.07) is 10.2. The second kappa shape index (κ2) is 10.6. The van der Waals surface area contributed by atoms with Crippen molar-refractivity contribution in [2.45, 2.75) is 37.5 Å². The van der Waals surface area contributed by atoms with Crippen LogP contribution in [0.4, 0.5) is 5.82 Å². The molecule has 0 aliphatic carbocycles. The van der Waals surface area contributed by atoms with E-state index in [-0.39, 0.29) is 5.97 Å². The summed E-state index contributed by atoms with van der Waals surface area (Å²) in [4.78, 5) is 28.5. The number of nitrogens with zero attached hydrogens (tertiary/aromatic N) is 5. The van der Waals surface area contributed by atoms with Gasteiger partial charge in [-0.2, -0.15) is 5.10 Å². The van der Waals surface area contributed by atoms with Gasteiger partial charge in [0.15, 0.2) is 0 Å². The molecular weight excluding hydrogens is 444 g/mol. The average Bonchev–Trinajstić information content (AvgIpc) is 3.44. The first kappa shape index (κ1) is 22.2. The van der Waals surface area contributed by atoms with Gasteiger partial charge in [-0.05, 0) is 38.0 Å². The zero-order chi connectivity index (χ0) is 22.3. The number of aromatic nitrogens is 5. The zero-order valence-electron chi connectivity index (χ0n) is 17.9. The summed E-state index contributed by atoms with van der Waals surface area (Å²) < 4.78 is 7.04. The number of thiophene rings is 1. The van der Waals surface area contributed by atoms with Crippen molar-refractivity contribution in [1.29, 1.82) is 0 Å². The number of ether oxygens (including phenoxy) is 1. The second-order valence-corrected chi connectivity index (χ2v) is 9.03. The molecule has 0 aliphatic heterocycles. The summed E-state index contributed by atoms with van der Waals surface area (Å²) in [6.07, 6.45) is 4.09. The van der Waals surface area contributed by atoms with E-state index in [2.05, 4.69) is 27.5 Å². The summed E-state index contributed by atoms with van der Waals surface area (Å²) >= 11 is 3.05. The fourth-order valence-electron chi connectivity index (χ4n) is 3.23. The average molecular weight is 469 g/mol. The van der Waals surface area contributed by atoms with Crippen molar-refractivity contribution in [2.75, 3.05) is 18.5 Å². The number of nitrogens with one attached hydrogen (secondary N) is 1. The molecule has 0 unspecified atom stereocenters. The first-order valence-electron chi connectivity index (χ1n) is 10.4. The van der Waals surface area contributed by atoms with Gasteiger partial charge in [0.1, 0.15) is 34.0 Å². The quantitative estimate of drug-likeness (QED) is 0.206. The van der Waals surface area contributed by atoms with Gasteiger partial charge in [0, 0.05) is 18.0 Å². The molecule has 0 saturated carbocycles. The molecule has 32 heavy (non-hydrogen) atoms. The fraction of sp³-hybridized carbons (Fsp3) is 0.318. The van der Waals surface area contributed by atoms with E-state index in [9.17, 15) is 4.79 Å². The monoisotopic (exact) mass is 468 g/mol. The van der Waals surface area contributed by atoms with Crippen LogP contribution in [0, 0.1) is 6.92 Å². The number of thioether (sulfide) groups is 1. The number of carbonyl (C=O) groups is 1. The Kier molecular flexibility index (Phi) is 7.33. The molecule has 1 aromatic carbocycles. The van der Waals surface area contributed by atoms with Gasteiger partial charge in [0.25, 0.3) is 0 Å². The maximum atomic E-state index is 12.4. The van der Waals surface area contributed by atoms with E-state index in [0.717, 1.165) is 45.3 Å². The van der Waals surface area contributed by atoms with Gasteiger partial charge in [0.2, 0.25) is 0 Å². The minimum absolute atomic E-state index is 0.314. The highest BCUT2D eigenvalue weighted by Gasteiger charge is 2.21. The predicted octanol–water partition coefficient (Wildman–Crippen LogP) is 4.56. The van der Waals surface area contributed by atoms with Crippen molar-refractivity contribution in [3.63, 3.8) is 0 Å². The normalized spacial score (nSPS) is 11.1. The molecule has 1 N–H and O–H groups in total. The van der Waals surface area contributed by atoms with Crippen LogP contribution in [0.2, 0.25) is 0 Å². The number of benzene rings is 1. The Morgan fingerprint density at radius 3 is 2.84 bits per heavy atom. The minimum Gasteiger partial charge on any atom is -0.462 e. The maximum absolute atomic E-state index is 12.4.